The minimum Gasteiger partial charge on any atom is -0.378 e. The van der Waals surface area contributed by atoms with Gasteiger partial charge < -0.3 is 15.1 Å². The van der Waals surface area contributed by atoms with E-state index in [1.807, 2.05) is 0 Å². The van der Waals surface area contributed by atoms with Gasteiger partial charge in [-0.05, 0) is 56.5 Å². The van der Waals surface area contributed by atoms with E-state index in [1.54, 1.807) is 0 Å². The Labute approximate surface area is 130 Å². The van der Waals surface area contributed by atoms with Gasteiger partial charge in [-0.3, -0.25) is 0 Å². The summed E-state index contributed by atoms with van der Waals surface area (Å²) in [5, 5.41) is 3.72. The maximum atomic E-state index is 3.72. The fraction of sp³-hybridized carbons (Fsp3) is 0.667. The number of benzene rings is 1. The molecule has 2 atom stereocenters. The predicted molar refractivity (Wildman–Crippen MR) is 91.9 cm³/mol. The number of nitrogens with zero attached hydrogens (tertiary/aromatic N) is 2. The summed E-state index contributed by atoms with van der Waals surface area (Å²) in [6.45, 7) is 9.31. The zero-order valence-corrected chi connectivity index (χ0v) is 14.1. The highest BCUT2D eigenvalue weighted by Crippen LogP contribution is 2.20. The summed E-state index contributed by atoms with van der Waals surface area (Å²) in [5.41, 5.74) is 2.63. The van der Waals surface area contributed by atoms with Crippen LogP contribution < -0.4 is 10.2 Å². The Morgan fingerprint density at radius 3 is 2.62 bits per heavy atom. The first-order valence-electron chi connectivity index (χ1n) is 8.32. The van der Waals surface area contributed by atoms with E-state index < -0.39 is 0 Å². The predicted octanol–water partition coefficient (Wildman–Crippen LogP) is 2.96. The summed E-state index contributed by atoms with van der Waals surface area (Å²) in [5.74, 6) is 0.791. The van der Waals surface area contributed by atoms with Gasteiger partial charge in [0.2, 0.25) is 0 Å². The number of rotatable bonds is 6. The molecule has 0 bridgehead atoms. The van der Waals surface area contributed by atoms with Crippen molar-refractivity contribution in [2.24, 2.45) is 5.92 Å². The molecule has 1 fully saturated rings. The first-order valence-corrected chi connectivity index (χ1v) is 8.32. The Bertz CT molecular complexity index is 413. The maximum Gasteiger partial charge on any atom is 0.0361 e. The van der Waals surface area contributed by atoms with Crippen LogP contribution in [0.2, 0.25) is 0 Å². The molecule has 1 aliphatic heterocycles. The van der Waals surface area contributed by atoms with Crippen LogP contribution in [0, 0.1) is 5.92 Å². The molecule has 1 heterocycles. The van der Waals surface area contributed by atoms with Crippen molar-refractivity contribution in [2.75, 3.05) is 38.6 Å². The summed E-state index contributed by atoms with van der Waals surface area (Å²) in [6, 6.07) is 9.44. The highest BCUT2D eigenvalue weighted by molar-refractivity contribution is 5.45. The van der Waals surface area contributed by atoms with E-state index in [0.717, 1.165) is 12.5 Å². The Morgan fingerprint density at radius 1 is 1.29 bits per heavy atom. The zero-order chi connectivity index (χ0) is 15.2. The fourth-order valence-electron chi connectivity index (χ4n) is 3.14. The first-order chi connectivity index (χ1) is 10.1. The fourth-order valence-corrected chi connectivity index (χ4v) is 3.14. The molecule has 0 amide bonds. The summed E-state index contributed by atoms with van der Waals surface area (Å²) >= 11 is 0. The van der Waals surface area contributed by atoms with Gasteiger partial charge in [0.1, 0.15) is 0 Å². The summed E-state index contributed by atoms with van der Waals surface area (Å²) in [6.07, 6.45) is 2.71. The van der Waals surface area contributed by atoms with Gasteiger partial charge in [-0.1, -0.05) is 19.1 Å². The van der Waals surface area contributed by atoms with Crippen LogP contribution in [0.1, 0.15) is 32.3 Å². The summed E-state index contributed by atoms with van der Waals surface area (Å²) < 4.78 is 0. The molecule has 1 saturated heterocycles. The quantitative estimate of drug-likeness (QED) is 0.868. The SMILES string of the molecule is CCN1CCCC(C(C)NCc2ccc(N(C)C)cc2)C1. The Morgan fingerprint density at radius 2 is 2.00 bits per heavy atom. The highest BCUT2D eigenvalue weighted by atomic mass is 15.1. The normalized spacial score (nSPS) is 21.2. The van der Waals surface area contributed by atoms with E-state index in [4.69, 9.17) is 0 Å². The van der Waals surface area contributed by atoms with Crippen LogP contribution in [0.4, 0.5) is 5.69 Å². The Hall–Kier alpha value is -1.06. The molecule has 0 radical (unpaired) electrons. The smallest absolute Gasteiger partial charge is 0.0361 e. The molecule has 0 aliphatic carbocycles. The third-order valence-electron chi connectivity index (χ3n) is 4.78. The molecule has 0 spiro atoms. The highest BCUT2D eigenvalue weighted by Gasteiger charge is 2.23. The van der Waals surface area contributed by atoms with Gasteiger partial charge in [-0.25, -0.2) is 0 Å². The van der Waals surface area contributed by atoms with Crippen molar-refractivity contribution in [3.8, 4) is 0 Å². The average Bonchev–Trinajstić information content (AvgIpc) is 2.53. The molecule has 1 N–H and O–H groups in total. The second-order valence-corrected chi connectivity index (χ2v) is 6.53. The van der Waals surface area contributed by atoms with Crippen molar-refractivity contribution < 1.29 is 0 Å². The van der Waals surface area contributed by atoms with Gasteiger partial charge in [0, 0.05) is 38.9 Å². The number of likely N-dealkylation sites (tertiary alicyclic amines) is 1. The monoisotopic (exact) mass is 289 g/mol. The van der Waals surface area contributed by atoms with Crippen LogP contribution in [0.15, 0.2) is 24.3 Å². The number of hydrogen-bond donors (Lipinski definition) is 1. The molecule has 0 saturated carbocycles. The van der Waals surface area contributed by atoms with Crippen LogP contribution in [0.25, 0.3) is 0 Å². The van der Waals surface area contributed by atoms with Gasteiger partial charge in [0.15, 0.2) is 0 Å². The lowest BCUT2D eigenvalue weighted by Crippen LogP contribution is -2.44. The van der Waals surface area contributed by atoms with Crippen molar-refractivity contribution in [1.82, 2.24) is 10.2 Å². The molecule has 1 aromatic rings. The molecule has 1 aliphatic rings. The zero-order valence-electron chi connectivity index (χ0n) is 14.1. The molecular weight excluding hydrogens is 258 g/mol. The topological polar surface area (TPSA) is 18.5 Å². The lowest BCUT2D eigenvalue weighted by molar-refractivity contribution is 0.157. The maximum absolute atomic E-state index is 3.72. The number of hydrogen-bond acceptors (Lipinski definition) is 3. The van der Waals surface area contributed by atoms with Gasteiger partial charge >= 0.3 is 0 Å². The molecular formula is C18H31N3. The second kappa shape index (κ2) is 7.81. The molecule has 21 heavy (non-hydrogen) atoms. The summed E-state index contributed by atoms with van der Waals surface area (Å²) in [7, 11) is 4.16. The van der Waals surface area contributed by atoms with E-state index in [1.165, 1.54) is 43.7 Å². The molecule has 3 nitrogen and oxygen atoms in total. The third kappa shape index (κ3) is 4.72. The Balaban J connectivity index is 1.81. The van der Waals surface area contributed by atoms with E-state index >= 15 is 0 Å². The summed E-state index contributed by atoms with van der Waals surface area (Å²) in [4.78, 5) is 4.72. The van der Waals surface area contributed by atoms with Crippen molar-refractivity contribution in [2.45, 2.75) is 39.3 Å². The van der Waals surface area contributed by atoms with Crippen LogP contribution in [-0.4, -0.2) is 44.7 Å². The number of piperidine rings is 1. The van der Waals surface area contributed by atoms with Gasteiger partial charge in [-0.2, -0.15) is 0 Å². The number of anilines is 1. The minimum absolute atomic E-state index is 0.591. The third-order valence-corrected chi connectivity index (χ3v) is 4.78. The molecule has 118 valence electrons. The minimum atomic E-state index is 0.591. The molecule has 0 aromatic heterocycles. The van der Waals surface area contributed by atoms with Gasteiger partial charge in [0.25, 0.3) is 0 Å². The van der Waals surface area contributed by atoms with E-state index in [0.29, 0.717) is 6.04 Å². The van der Waals surface area contributed by atoms with Crippen LogP contribution in [0.3, 0.4) is 0 Å². The largest absolute Gasteiger partial charge is 0.378 e. The van der Waals surface area contributed by atoms with Crippen LogP contribution in [-0.2, 0) is 6.54 Å². The standard InChI is InChI=1S/C18H31N3/c1-5-21-12-6-7-17(14-21)15(2)19-13-16-8-10-18(11-9-16)20(3)4/h8-11,15,17,19H,5-7,12-14H2,1-4H3. The average molecular weight is 289 g/mol. The molecule has 2 unspecified atom stereocenters. The van der Waals surface area contributed by atoms with Gasteiger partial charge in [-0.15, -0.1) is 0 Å². The van der Waals surface area contributed by atoms with Crippen molar-refractivity contribution >= 4 is 5.69 Å². The molecule has 2 rings (SSSR count). The van der Waals surface area contributed by atoms with Crippen molar-refractivity contribution in [3.05, 3.63) is 29.8 Å². The van der Waals surface area contributed by atoms with E-state index in [2.05, 4.69) is 67.3 Å². The van der Waals surface area contributed by atoms with E-state index in [-0.39, 0.29) is 0 Å². The lowest BCUT2D eigenvalue weighted by Gasteiger charge is -2.35. The molecule has 1 aromatic carbocycles. The Kier molecular flexibility index (Phi) is 6.07. The van der Waals surface area contributed by atoms with Crippen molar-refractivity contribution in [1.29, 1.82) is 0 Å². The van der Waals surface area contributed by atoms with Gasteiger partial charge in [0.05, 0.1) is 0 Å². The van der Waals surface area contributed by atoms with Crippen LogP contribution in [0.5, 0.6) is 0 Å². The number of nitrogens with one attached hydrogen (secondary N) is 1. The second-order valence-electron chi connectivity index (χ2n) is 6.53. The van der Waals surface area contributed by atoms with Crippen LogP contribution >= 0.6 is 0 Å². The van der Waals surface area contributed by atoms with Crippen molar-refractivity contribution in [3.63, 3.8) is 0 Å². The lowest BCUT2D eigenvalue weighted by atomic mass is 9.91. The van der Waals surface area contributed by atoms with E-state index in [9.17, 15) is 0 Å². The first kappa shape index (κ1) is 16.3. The molecule has 3 heteroatoms.